The minimum absolute atomic E-state index is 0.0519. The van der Waals surface area contributed by atoms with Crippen molar-refractivity contribution in [2.45, 2.75) is 120 Å². The number of rotatable bonds is 28. The van der Waals surface area contributed by atoms with Crippen LogP contribution in [-0.2, 0) is 64.0 Å². The number of benzene rings is 1. The summed E-state index contributed by atoms with van der Waals surface area (Å²) >= 11 is 4.08. The molecule has 1 aliphatic heterocycles. The summed E-state index contributed by atoms with van der Waals surface area (Å²) in [6.45, 7) is 1.59. The van der Waals surface area contributed by atoms with Gasteiger partial charge in [0, 0.05) is 25.1 Å². The van der Waals surface area contributed by atoms with Gasteiger partial charge in [-0.25, -0.2) is 0 Å². The van der Waals surface area contributed by atoms with Gasteiger partial charge in [0.2, 0.25) is 59.1 Å². The van der Waals surface area contributed by atoms with E-state index < -0.39 is 163 Å². The van der Waals surface area contributed by atoms with Crippen LogP contribution in [0, 0.1) is 0 Å². The molecule has 0 saturated carbocycles. The van der Waals surface area contributed by atoms with E-state index in [9.17, 15) is 67.7 Å². The molecule has 1 fully saturated rings. The summed E-state index contributed by atoms with van der Waals surface area (Å²) in [4.78, 5) is 153. The number of carboxylic acid groups (broad SMARTS) is 2. The fourth-order valence-electron chi connectivity index (χ4n) is 6.58. The van der Waals surface area contributed by atoms with Crippen LogP contribution in [0.25, 0.3) is 0 Å². The molecule has 27 heteroatoms. The number of primary amides is 2. The van der Waals surface area contributed by atoms with Crippen molar-refractivity contribution in [1.29, 1.82) is 0 Å². The number of carbonyl (C=O) groups excluding carboxylic acids is 10. The quantitative estimate of drug-likeness (QED) is 0.0348. The largest absolute Gasteiger partial charge is 0.481 e. The summed E-state index contributed by atoms with van der Waals surface area (Å²) in [6, 6.07) is -3.37. The predicted molar refractivity (Wildman–Crippen MR) is 235 cm³/mol. The highest BCUT2D eigenvalue weighted by Crippen LogP contribution is 2.20. The standard InChI is InChI=1S/C40H59N11O15S/c1-19(33(59)47-24(10-12-28(42)53)40(66)51-14-6-9-27(51)38(64)44-17-31(57)58)45-39(65)32(20(2)52)50-36(62)25(16-29(43)54)48-37(63)26(18-67)49-35(61)23(11-13-30(55)56)46-34(60)22(41)15-21-7-4-3-5-8-21/h3-5,7-8,19-20,22-27,32,52,67H,6,9-18,41H2,1-2H3,(H2,42,53)(H2,43,54)(H,44,64)(H,45,65)(H,46,60)(H,47,59)(H,48,63)(H,49,61)(H,50,62)(H,55,56)(H,57,58). The van der Waals surface area contributed by atoms with Gasteiger partial charge in [0.25, 0.3) is 0 Å². The molecule has 9 atom stereocenters. The number of likely N-dealkylation sites (tertiary alicyclic amines) is 1. The van der Waals surface area contributed by atoms with Gasteiger partial charge >= 0.3 is 11.9 Å². The van der Waals surface area contributed by atoms with Gasteiger partial charge in [-0.15, -0.1) is 0 Å². The van der Waals surface area contributed by atoms with Crippen LogP contribution in [0.5, 0.6) is 0 Å². The Balaban J connectivity index is 2.18. The molecule has 1 aliphatic rings. The molecular formula is C40H59N11O15S. The second-order valence-corrected chi connectivity index (χ2v) is 16.0. The number of carbonyl (C=O) groups is 12. The zero-order valence-electron chi connectivity index (χ0n) is 36.7. The predicted octanol–water partition coefficient (Wildman–Crippen LogP) is -6.01. The van der Waals surface area contributed by atoms with Gasteiger partial charge < -0.3 is 74.6 Å². The van der Waals surface area contributed by atoms with Crippen molar-refractivity contribution in [1.82, 2.24) is 42.1 Å². The topological polar surface area (TPSA) is 431 Å². The molecule has 0 radical (unpaired) electrons. The van der Waals surface area contributed by atoms with Crippen LogP contribution in [0.15, 0.2) is 30.3 Å². The Morgan fingerprint density at radius 3 is 1.84 bits per heavy atom. The van der Waals surface area contributed by atoms with Crippen molar-refractivity contribution in [3.05, 3.63) is 35.9 Å². The second-order valence-electron chi connectivity index (χ2n) is 15.6. The Morgan fingerprint density at radius 2 is 1.27 bits per heavy atom. The van der Waals surface area contributed by atoms with Crippen LogP contribution < -0.4 is 54.4 Å². The fourth-order valence-corrected chi connectivity index (χ4v) is 6.83. The van der Waals surface area contributed by atoms with Gasteiger partial charge in [0.1, 0.15) is 48.8 Å². The molecule has 0 bridgehead atoms. The minimum Gasteiger partial charge on any atom is -0.481 e. The normalized spacial score (nSPS) is 16.7. The number of hydrogen-bond donors (Lipinski definition) is 14. The first-order chi connectivity index (χ1) is 31.4. The van der Waals surface area contributed by atoms with Gasteiger partial charge in [-0.1, -0.05) is 30.3 Å². The third-order valence-electron chi connectivity index (χ3n) is 10.1. The van der Waals surface area contributed by atoms with Crippen LogP contribution >= 0.6 is 12.6 Å². The maximum absolute atomic E-state index is 13.6. The number of amides is 10. The van der Waals surface area contributed by atoms with Gasteiger partial charge in [-0.05, 0) is 51.5 Å². The number of thiol groups is 1. The van der Waals surface area contributed by atoms with Crippen LogP contribution in [0.4, 0.5) is 0 Å². The molecule has 16 N–H and O–H groups in total. The fraction of sp³-hybridized carbons (Fsp3) is 0.550. The average molecular weight is 966 g/mol. The maximum Gasteiger partial charge on any atom is 0.322 e. The average Bonchev–Trinajstić information content (AvgIpc) is 3.76. The number of nitrogens with zero attached hydrogens (tertiary/aromatic N) is 1. The lowest BCUT2D eigenvalue weighted by Crippen LogP contribution is -2.62. The lowest BCUT2D eigenvalue weighted by Gasteiger charge is -2.29. The highest BCUT2D eigenvalue weighted by Gasteiger charge is 2.39. The molecule has 1 aromatic carbocycles. The summed E-state index contributed by atoms with van der Waals surface area (Å²) in [6.07, 6.45) is -3.71. The molecular weight excluding hydrogens is 907 g/mol. The second kappa shape index (κ2) is 27.6. The van der Waals surface area contributed by atoms with Crippen molar-refractivity contribution < 1.29 is 72.9 Å². The lowest BCUT2D eigenvalue weighted by atomic mass is 10.0. The Hall–Kier alpha value is -6.87. The van der Waals surface area contributed by atoms with E-state index in [0.29, 0.717) is 12.0 Å². The molecule has 10 amide bonds. The summed E-state index contributed by atoms with van der Waals surface area (Å²) in [5.41, 5.74) is 17.3. The van der Waals surface area contributed by atoms with Gasteiger partial charge in [-0.3, -0.25) is 57.5 Å². The number of nitrogens with two attached hydrogens (primary N) is 3. The van der Waals surface area contributed by atoms with Crippen molar-refractivity contribution in [2.24, 2.45) is 17.2 Å². The van der Waals surface area contributed by atoms with Crippen LogP contribution in [0.2, 0.25) is 0 Å². The monoisotopic (exact) mass is 965 g/mol. The summed E-state index contributed by atoms with van der Waals surface area (Å²) in [5, 5.41) is 44.6. The van der Waals surface area contributed by atoms with E-state index in [-0.39, 0.29) is 25.8 Å². The highest BCUT2D eigenvalue weighted by atomic mass is 32.1. The first-order valence-electron chi connectivity index (χ1n) is 20.9. The van der Waals surface area contributed by atoms with E-state index in [1.54, 1.807) is 30.3 Å². The summed E-state index contributed by atoms with van der Waals surface area (Å²) in [5.74, 6) is -13.0. The lowest BCUT2D eigenvalue weighted by molar-refractivity contribution is -0.143. The third kappa shape index (κ3) is 19.2. The molecule has 370 valence electrons. The molecule has 1 aromatic rings. The number of aliphatic carboxylic acids is 2. The summed E-state index contributed by atoms with van der Waals surface area (Å²) < 4.78 is 0. The smallest absolute Gasteiger partial charge is 0.322 e. The molecule has 1 heterocycles. The highest BCUT2D eigenvalue weighted by molar-refractivity contribution is 7.80. The van der Waals surface area contributed by atoms with E-state index in [1.165, 1.54) is 6.92 Å². The molecule has 26 nitrogen and oxygen atoms in total. The third-order valence-corrected chi connectivity index (χ3v) is 10.5. The van der Waals surface area contributed by atoms with E-state index >= 15 is 0 Å². The minimum atomic E-state index is -1.87. The zero-order chi connectivity index (χ0) is 50.5. The molecule has 0 aromatic heterocycles. The van der Waals surface area contributed by atoms with Gasteiger partial charge in [-0.2, -0.15) is 12.6 Å². The van der Waals surface area contributed by atoms with E-state index in [4.69, 9.17) is 22.3 Å². The number of aliphatic hydroxyl groups is 1. The first-order valence-corrected chi connectivity index (χ1v) is 21.6. The van der Waals surface area contributed by atoms with Crippen LogP contribution in [-0.4, -0.2) is 165 Å². The number of nitrogens with one attached hydrogen (secondary N) is 7. The molecule has 9 unspecified atom stereocenters. The van der Waals surface area contributed by atoms with Crippen molar-refractivity contribution in [3.8, 4) is 0 Å². The van der Waals surface area contributed by atoms with E-state index in [0.717, 1.165) is 11.8 Å². The Bertz CT molecular complexity index is 1990. The number of carboxylic acids is 2. The summed E-state index contributed by atoms with van der Waals surface area (Å²) in [7, 11) is 0. The van der Waals surface area contributed by atoms with E-state index in [1.807, 2.05) is 0 Å². The molecule has 67 heavy (non-hydrogen) atoms. The Kier molecular flexibility index (Phi) is 23.2. The van der Waals surface area contributed by atoms with Crippen molar-refractivity contribution >= 4 is 83.6 Å². The number of aliphatic hydroxyl groups excluding tert-OH is 1. The van der Waals surface area contributed by atoms with Gasteiger partial charge in [0.15, 0.2) is 0 Å². The van der Waals surface area contributed by atoms with Crippen LogP contribution in [0.1, 0.15) is 64.4 Å². The van der Waals surface area contributed by atoms with E-state index in [2.05, 4.69) is 49.8 Å². The zero-order valence-corrected chi connectivity index (χ0v) is 37.6. The van der Waals surface area contributed by atoms with Crippen molar-refractivity contribution in [3.63, 3.8) is 0 Å². The first kappa shape index (κ1) is 56.3. The molecule has 2 rings (SSSR count). The van der Waals surface area contributed by atoms with Crippen LogP contribution in [0.3, 0.4) is 0 Å². The van der Waals surface area contributed by atoms with Gasteiger partial charge in [0.05, 0.1) is 18.6 Å². The SMILES string of the molecule is CC(NC(=O)C(NC(=O)C(CC(N)=O)NC(=O)C(CS)NC(=O)C(CCC(=O)O)NC(=O)C(N)Cc1ccccc1)C(C)O)C(=O)NC(CCC(N)=O)C(=O)N1CCCC1C(=O)NCC(=O)O. The molecule has 1 saturated heterocycles. The number of hydrogen-bond acceptors (Lipinski definition) is 15. The Labute approximate surface area is 389 Å². The maximum atomic E-state index is 13.6. The van der Waals surface area contributed by atoms with Crippen molar-refractivity contribution in [2.75, 3.05) is 18.8 Å². The molecule has 0 aliphatic carbocycles. The molecule has 0 spiro atoms. The Morgan fingerprint density at radius 1 is 0.701 bits per heavy atom.